The third-order valence-electron chi connectivity index (χ3n) is 4.42. The first kappa shape index (κ1) is 15.6. The molecule has 0 unspecified atom stereocenters. The Morgan fingerprint density at radius 3 is 2.48 bits per heavy atom. The van der Waals surface area contributed by atoms with Gasteiger partial charge in [0.1, 0.15) is 5.82 Å². The van der Waals surface area contributed by atoms with Gasteiger partial charge in [0.25, 0.3) is 0 Å². The van der Waals surface area contributed by atoms with Crippen molar-refractivity contribution >= 4 is 11.7 Å². The maximum Gasteiger partial charge on any atom is 0.173 e. The van der Waals surface area contributed by atoms with E-state index in [9.17, 15) is 0 Å². The van der Waals surface area contributed by atoms with Crippen LogP contribution in [0.5, 0.6) is 0 Å². The van der Waals surface area contributed by atoms with Crippen LogP contribution in [0.15, 0.2) is 17.3 Å². The van der Waals surface area contributed by atoms with Gasteiger partial charge >= 0.3 is 0 Å². The second-order valence-corrected chi connectivity index (χ2v) is 6.94. The molecule has 0 aromatic carbocycles. The average molecular weight is 290 g/mol. The minimum absolute atomic E-state index is 0.121. The van der Waals surface area contributed by atoms with E-state index in [4.69, 9.17) is 10.9 Å². The smallest absolute Gasteiger partial charge is 0.173 e. The molecule has 1 fully saturated rings. The molecule has 0 atom stereocenters. The van der Waals surface area contributed by atoms with Crippen LogP contribution in [0.2, 0.25) is 0 Å². The fourth-order valence-electron chi connectivity index (χ4n) is 3.00. The zero-order valence-corrected chi connectivity index (χ0v) is 13.4. The number of oxime groups is 1. The van der Waals surface area contributed by atoms with Crippen molar-refractivity contribution in [1.82, 2.24) is 4.98 Å². The Morgan fingerprint density at radius 2 is 1.95 bits per heavy atom. The largest absolute Gasteiger partial charge is 0.409 e. The van der Waals surface area contributed by atoms with Crippen molar-refractivity contribution in [1.29, 1.82) is 0 Å². The number of hydrogen-bond donors (Lipinski definition) is 2. The highest BCUT2D eigenvalue weighted by Gasteiger charge is 2.30. The molecule has 0 aliphatic carbocycles. The van der Waals surface area contributed by atoms with Crippen LogP contribution in [0.25, 0.3) is 0 Å². The Kier molecular flexibility index (Phi) is 4.40. The normalized spacial score (nSPS) is 18.1. The summed E-state index contributed by atoms with van der Waals surface area (Å²) in [5, 5.41) is 12.1. The fraction of sp³-hybridized carbons (Fsp3) is 0.625. The Balaban J connectivity index is 2.22. The number of rotatable bonds is 2. The minimum Gasteiger partial charge on any atom is -0.409 e. The van der Waals surface area contributed by atoms with Gasteiger partial charge in [-0.15, -0.1) is 0 Å². The van der Waals surface area contributed by atoms with Crippen LogP contribution in [0.1, 0.15) is 44.9 Å². The van der Waals surface area contributed by atoms with Crippen molar-refractivity contribution in [2.75, 3.05) is 18.0 Å². The lowest BCUT2D eigenvalue weighted by Crippen LogP contribution is -2.39. The van der Waals surface area contributed by atoms with Crippen molar-refractivity contribution < 1.29 is 5.21 Å². The van der Waals surface area contributed by atoms with Gasteiger partial charge in [-0.25, -0.2) is 4.98 Å². The summed E-state index contributed by atoms with van der Waals surface area (Å²) in [4.78, 5) is 6.86. The Bertz CT molecular complexity index is 526. The van der Waals surface area contributed by atoms with E-state index in [1.807, 2.05) is 19.1 Å². The van der Waals surface area contributed by atoms with Gasteiger partial charge in [-0.1, -0.05) is 25.9 Å². The third-order valence-corrected chi connectivity index (χ3v) is 4.42. The van der Waals surface area contributed by atoms with E-state index < -0.39 is 0 Å². The highest BCUT2D eigenvalue weighted by Crippen LogP contribution is 2.35. The maximum absolute atomic E-state index is 8.95. The summed E-state index contributed by atoms with van der Waals surface area (Å²) in [6, 6.07) is 3.77. The second-order valence-electron chi connectivity index (χ2n) is 6.94. The molecule has 0 saturated carbocycles. The molecule has 0 spiro atoms. The zero-order chi connectivity index (χ0) is 15.6. The zero-order valence-electron chi connectivity index (χ0n) is 13.4. The molecule has 1 aromatic heterocycles. The van der Waals surface area contributed by atoms with Crippen LogP contribution in [-0.2, 0) is 0 Å². The van der Waals surface area contributed by atoms with Gasteiger partial charge in [-0.05, 0) is 43.2 Å². The van der Waals surface area contributed by atoms with Gasteiger partial charge in [0.2, 0.25) is 0 Å². The molecule has 1 saturated heterocycles. The summed E-state index contributed by atoms with van der Waals surface area (Å²) < 4.78 is 0. The number of aryl methyl sites for hydroxylation is 1. The number of piperidine rings is 1. The van der Waals surface area contributed by atoms with E-state index in [1.165, 1.54) is 0 Å². The summed E-state index contributed by atoms with van der Waals surface area (Å²) in [5.41, 5.74) is 7.78. The molecule has 21 heavy (non-hydrogen) atoms. The van der Waals surface area contributed by atoms with Gasteiger partial charge in [0.15, 0.2) is 5.84 Å². The van der Waals surface area contributed by atoms with Crippen LogP contribution < -0.4 is 10.6 Å². The van der Waals surface area contributed by atoms with Crippen LogP contribution >= 0.6 is 0 Å². The van der Waals surface area contributed by atoms with Gasteiger partial charge in [-0.3, -0.25) is 0 Å². The number of pyridine rings is 1. The lowest BCUT2D eigenvalue weighted by atomic mass is 9.75. The molecule has 116 valence electrons. The summed E-state index contributed by atoms with van der Waals surface area (Å²) in [6.07, 6.45) is 2.30. The van der Waals surface area contributed by atoms with E-state index in [-0.39, 0.29) is 5.84 Å². The standard InChI is InChI=1S/C16H26N4O/c1-11-5-6-13(14(17)19-21)15(18-11)20-9-7-12(8-10-20)16(2,3)4/h5-6,12,21H,7-10H2,1-4H3,(H2,17,19). The number of hydrogen-bond acceptors (Lipinski definition) is 4. The molecule has 0 radical (unpaired) electrons. The van der Waals surface area contributed by atoms with Crippen molar-refractivity contribution in [3.8, 4) is 0 Å². The lowest BCUT2D eigenvalue weighted by Gasteiger charge is -2.39. The lowest BCUT2D eigenvalue weighted by molar-refractivity contribution is 0.198. The summed E-state index contributed by atoms with van der Waals surface area (Å²) >= 11 is 0. The van der Waals surface area contributed by atoms with Gasteiger partial charge < -0.3 is 15.8 Å². The molecular weight excluding hydrogens is 264 g/mol. The highest BCUT2D eigenvalue weighted by atomic mass is 16.4. The van der Waals surface area contributed by atoms with Crippen molar-refractivity contribution in [3.63, 3.8) is 0 Å². The minimum atomic E-state index is 0.121. The predicted molar refractivity (Wildman–Crippen MR) is 85.9 cm³/mol. The Morgan fingerprint density at radius 1 is 1.33 bits per heavy atom. The first-order chi connectivity index (χ1) is 9.82. The molecular formula is C16H26N4O. The van der Waals surface area contributed by atoms with Crippen molar-refractivity contribution in [2.24, 2.45) is 22.2 Å². The van der Waals surface area contributed by atoms with Gasteiger partial charge in [-0.2, -0.15) is 0 Å². The molecule has 1 aromatic rings. The predicted octanol–water partition coefficient (Wildman–Crippen LogP) is 2.75. The number of amidine groups is 1. The Labute approximate surface area is 126 Å². The number of anilines is 1. The van der Waals surface area contributed by atoms with Gasteiger partial charge in [0.05, 0.1) is 5.56 Å². The van der Waals surface area contributed by atoms with Crippen molar-refractivity contribution in [3.05, 3.63) is 23.4 Å². The molecule has 5 heteroatoms. The summed E-state index contributed by atoms with van der Waals surface area (Å²) in [5.74, 6) is 1.68. The maximum atomic E-state index is 8.95. The van der Waals surface area contributed by atoms with Crippen LogP contribution in [0.3, 0.4) is 0 Å². The summed E-state index contributed by atoms with van der Waals surface area (Å²) in [6.45, 7) is 10.8. The fourth-order valence-corrected chi connectivity index (χ4v) is 3.00. The summed E-state index contributed by atoms with van der Waals surface area (Å²) in [7, 11) is 0. The molecule has 2 heterocycles. The number of nitrogens with two attached hydrogens (primary N) is 1. The number of aromatic nitrogens is 1. The molecule has 5 nitrogen and oxygen atoms in total. The second kappa shape index (κ2) is 5.92. The van der Waals surface area contributed by atoms with E-state index in [1.54, 1.807) is 0 Å². The van der Waals surface area contributed by atoms with Crippen LogP contribution in [-0.4, -0.2) is 29.1 Å². The Hall–Kier alpha value is -1.78. The highest BCUT2D eigenvalue weighted by molar-refractivity contribution is 6.01. The molecule has 2 rings (SSSR count). The van der Waals surface area contributed by atoms with Crippen LogP contribution in [0.4, 0.5) is 5.82 Å². The molecule has 1 aliphatic heterocycles. The first-order valence-corrected chi connectivity index (χ1v) is 7.53. The topological polar surface area (TPSA) is 74.7 Å². The molecule has 0 bridgehead atoms. The monoisotopic (exact) mass is 290 g/mol. The van der Waals surface area contributed by atoms with E-state index in [0.29, 0.717) is 11.0 Å². The molecule has 3 N–H and O–H groups in total. The van der Waals surface area contributed by atoms with Gasteiger partial charge in [0, 0.05) is 18.8 Å². The van der Waals surface area contributed by atoms with E-state index in [2.05, 4.69) is 35.8 Å². The first-order valence-electron chi connectivity index (χ1n) is 7.53. The van der Waals surface area contributed by atoms with Crippen LogP contribution in [0, 0.1) is 18.3 Å². The molecule has 0 amide bonds. The average Bonchev–Trinajstić information content (AvgIpc) is 2.45. The quantitative estimate of drug-likeness (QED) is 0.380. The van der Waals surface area contributed by atoms with E-state index >= 15 is 0 Å². The molecule has 1 aliphatic rings. The third kappa shape index (κ3) is 3.46. The number of nitrogens with zero attached hydrogens (tertiary/aromatic N) is 3. The van der Waals surface area contributed by atoms with Crippen molar-refractivity contribution in [2.45, 2.75) is 40.5 Å². The SMILES string of the molecule is Cc1ccc(C(N)=NO)c(N2CCC(C(C)(C)C)CC2)n1. The van der Waals surface area contributed by atoms with E-state index in [0.717, 1.165) is 43.4 Å².